The Morgan fingerprint density at radius 2 is 1.56 bits per heavy atom. The van der Waals surface area contributed by atoms with E-state index in [0.29, 0.717) is 0 Å². The minimum absolute atomic E-state index is 0.119. The lowest BCUT2D eigenvalue weighted by atomic mass is 10.0. The van der Waals surface area contributed by atoms with Crippen molar-refractivity contribution in [2.45, 2.75) is 51.2 Å². The van der Waals surface area contributed by atoms with Gasteiger partial charge in [-0.1, -0.05) is 13.8 Å². The summed E-state index contributed by atoms with van der Waals surface area (Å²) in [5.74, 6) is -0.205. The fraction of sp³-hybridized carbons (Fsp3) is 0.917. The first-order chi connectivity index (χ1) is 8.48. The SMILES string of the molecule is CCC(CC)NC(=O)C(C)NC(CO)(CO)CO. The maximum atomic E-state index is 11.9. The minimum Gasteiger partial charge on any atom is -0.394 e. The number of carbonyl (C=O) groups excluding carboxylic acids is 1. The van der Waals surface area contributed by atoms with Crippen molar-refractivity contribution in [2.24, 2.45) is 0 Å². The number of aliphatic hydroxyl groups is 3. The largest absolute Gasteiger partial charge is 0.394 e. The Balaban J connectivity index is 4.46. The van der Waals surface area contributed by atoms with Gasteiger partial charge in [-0.05, 0) is 19.8 Å². The van der Waals surface area contributed by atoms with E-state index in [0.717, 1.165) is 12.8 Å². The molecule has 18 heavy (non-hydrogen) atoms. The monoisotopic (exact) mass is 262 g/mol. The second-order valence-electron chi connectivity index (χ2n) is 4.64. The van der Waals surface area contributed by atoms with E-state index in [9.17, 15) is 4.79 Å². The molecular formula is C12H26N2O4. The van der Waals surface area contributed by atoms with Crippen molar-refractivity contribution in [3.8, 4) is 0 Å². The third kappa shape index (κ3) is 4.89. The molecule has 108 valence electrons. The molecule has 0 rings (SSSR count). The van der Waals surface area contributed by atoms with Gasteiger partial charge in [-0.2, -0.15) is 0 Å². The zero-order valence-corrected chi connectivity index (χ0v) is 11.4. The van der Waals surface area contributed by atoms with Crippen LogP contribution in [0.15, 0.2) is 0 Å². The van der Waals surface area contributed by atoms with Crippen LogP contribution in [0.4, 0.5) is 0 Å². The van der Waals surface area contributed by atoms with Crippen molar-refractivity contribution in [3.05, 3.63) is 0 Å². The fourth-order valence-electron chi connectivity index (χ4n) is 1.63. The zero-order valence-electron chi connectivity index (χ0n) is 11.4. The first kappa shape index (κ1) is 17.3. The zero-order chi connectivity index (χ0) is 14.2. The van der Waals surface area contributed by atoms with E-state index in [2.05, 4.69) is 10.6 Å². The van der Waals surface area contributed by atoms with Crippen molar-refractivity contribution in [2.75, 3.05) is 19.8 Å². The molecule has 6 heteroatoms. The molecule has 6 nitrogen and oxygen atoms in total. The van der Waals surface area contributed by atoms with Crippen LogP contribution in [-0.4, -0.2) is 58.7 Å². The van der Waals surface area contributed by atoms with Crippen molar-refractivity contribution in [1.82, 2.24) is 10.6 Å². The quantitative estimate of drug-likeness (QED) is 0.366. The lowest BCUT2D eigenvalue weighted by Crippen LogP contribution is -2.61. The van der Waals surface area contributed by atoms with E-state index >= 15 is 0 Å². The smallest absolute Gasteiger partial charge is 0.237 e. The summed E-state index contributed by atoms with van der Waals surface area (Å²) in [5.41, 5.74) is -1.23. The van der Waals surface area contributed by atoms with E-state index in [4.69, 9.17) is 15.3 Å². The van der Waals surface area contributed by atoms with Crippen LogP contribution in [0.2, 0.25) is 0 Å². The van der Waals surface area contributed by atoms with Gasteiger partial charge < -0.3 is 20.6 Å². The fourth-order valence-corrected chi connectivity index (χ4v) is 1.63. The van der Waals surface area contributed by atoms with E-state index in [-0.39, 0.29) is 11.9 Å². The van der Waals surface area contributed by atoms with Gasteiger partial charge in [-0.25, -0.2) is 0 Å². The molecule has 0 saturated heterocycles. The summed E-state index contributed by atoms with van der Waals surface area (Å²) < 4.78 is 0. The predicted octanol–water partition coefficient (Wildman–Crippen LogP) is -1.01. The predicted molar refractivity (Wildman–Crippen MR) is 69.1 cm³/mol. The average Bonchev–Trinajstić information content (AvgIpc) is 2.41. The Hall–Kier alpha value is -0.690. The molecule has 0 bridgehead atoms. The lowest BCUT2D eigenvalue weighted by Gasteiger charge is -2.32. The van der Waals surface area contributed by atoms with Gasteiger partial charge in [0.1, 0.15) is 0 Å². The van der Waals surface area contributed by atoms with Crippen LogP contribution in [-0.2, 0) is 4.79 Å². The van der Waals surface area contributed by atoms with Gasteiger partial charge >= 0.3 is 0 Å². The highest BCUT2D eigenvalue weighted by Gasteiger charge is 2.31. The Morgan fingerprint density at radius 3 is 1.89 bits per heavy atom. The van der Waals surface area contributed by atoms with Gasteiger partial charge in [0.15, 0.2) is 0 Å². The third-order valence-corrected chi connectivity index (χ3v) is 3.16. The first-order valence-corrected chi connectivity index (χ1v) is 6.39. The van der Waals surface area contributed by atoms with Gasteiger partial charge in [0.25, 0.3) is 0 Å². The summed E-state index contributed by atoms with van der Waals surface area (Å²) in [6, 6.07) is -0.481. The number of hydrogen-bond acceptors (Lipinski definition) is 5. The summed E-state index contributed by atoms with van der Waals surface area (Å²) in [6.07, 6.45) is 1.69. The second-order valence-corrected chi connectivity index (χ2v) is 4.64. The number of aliphatic hydroxyl groups excluding tert-OH is 3. The van der Waals surface area contributed by atoms with Crippen LogP contribution in [0, 0.1) is 0 Å². The van der Waals surface area contributed by atoms with Crippen molar-refractivity contribution in [1.29, 1.82) is 0 Å². The molecule has 0 aliphatic carbocycles. The van der Waals surface area contributed by atoms with Crippen LogP contribution in [0.1, 0.15) is 33.6 Å². The summed E-state index contributed by atoms with van der Waals surface area (Å²) in [6.45, 7) is 4.29. The van der Waals surface area contributed by atoms with Crippen molar-refractivity contribution < 1.29 is 20.1 Å². The number of hydrogen-bond donors (Lipinski definition) is 5. The highest BCUT2D eigenvalue weighted by Crippen LogP contribution is 2.04. The molecule has 1 amide bonds. The number of carbonyl (C=O) groups is 1. The average molecular weight is 262 g/mol. The molecule has 0 spiro atoms. The van der Waals surface area contributed by atoms with E-state index in [1.807, 2.05) is 13.8 Å². The van der Waals surface area contributed by atoms with Gasteiger partial charge in [-0.15, -0.1) is 0 Å². The van der Waals surface area contributed by atoms with Crippen LogP contribution in [0.25, 0.3) is 0 Å². The molecule has 0 saturated carbocycles. The van der Waals surface area contributed by atoms with Gasteiger partial charge in [0, 0.05) is 6.04 Å². The van der Waals surface area contributed by atoms with Crippen LogP contribution in [0.3, 0.4) is 0 Å². The third-order valence-electron chi connectivity index (χ3n) is 3.16. The maximum absolute atomic E-state index is 11.9. The maximum Gasteiger partial charge on any atom is 0.237 e. The number of rotatable bonds is 9. The molecule has 0 aliphatic rings. The standard InChI is InChI=1S/C12H26N2O4/c1-4-10(5-2)13-11(18)9(3)14-12(6-15,7-16)8-17/h9-10,14-17H,4-8H2,1-3H3,(H,13,18). The van der Waals surface area contributed by atoms with E-state index in [1.54, 1.807) is 6.92 Å². The van der Waals surface area contributed by atoms with Gasteiger partial charge in [0.05, 0.1) is 31.4 Å². The summed E-state index contributed by atoms with van der Waals surface area (Å²) >= 11 is 0. The molecule has 0 aromatic heterocycles. The number of amides is 1. The molecule has 0 aromatic carbocycles. The Morgan fingerprint density at radius 1 is 1.11 bits per heavy atom. The molecule has 0 heterocycles. The lowest BCUT2D eigenvalue weighted by molar-refractivity contribution is -0.124. The molecule has 1 unspecified atom stereocenters. The van der Waals surface area contributed by atoms with Crippen molar-refractivity contribution >= 4 is 5.91 Å². The summed E-state index contributed by atoms with van der Waals surface area (Å²) in [7, 11) is 0. The van der Waals surface area contributed by atoms with Crippen LogP contribution >= 0.6 is 0 Å². The normalized spacial score (nSPS) is 13.7. The van der Waals surface area contributed by atoms with E-state index < -0.39 is 31.4 Å². The molecule has 0 fully saturated rings. The highest BCUT2D eigenvalue weighted by molar-refractivity contribution is 5.81. The van der Waals surface area contributed by atoms with Gasteiger partial charge in [-0.3, -0.25) is 10.1 Å². The molecule has 0 aliphatic heterocycles. The molecule has 0 radical (unpaired) electrons. The molecule has 5 N–H and O–H groups in total. The molecular weight excluding hydrogens is 236 g/mol. The molecule has 1 atom stereocenters. The first-order valence-electron chi connectivity index (χ1n) is 6.39. The van der Waals surface area contributed by atoms with E-state index in [1.165, 1.54) is 0 Å². The highest BCUT2D eigenvalue weighted by atomic mass is 16.3. The number of nitrogens with one attached hydrogen (secondary N) is 2. The summed E-state index contributed by atoms with van der Waals surface area (Å²) in [5, 5.41) is 33.1. The Bertz CT molecular complexity index is 232. The van der Waals surface area contributed by atoms with Crippen LogP contribution in [0.5, 0.6) is 0 Å². The summed E-state index contributed by atoms with van der Waals surface area (Å²) in [4.78, 5) is 11.9. The van der Waals surface area contributed by atoms with Crippen molar-refractivity contribution in [3.63, 3.8) is 0 Å². The van der Waals surface area contributed by atoms with Gasteiger partial charge in [0.2, 0.25) is 5.91 Å². The minimum atomic E-state index is -1.23. The Labute approximate surface area is 108 Å². The molecule has 0 aromatic rings. The Kier molecular flexibility index (Phi) is 8.10. The topological polar surface area (TPSA) is 102 Å². The second kappa shape index (κ2) is 8.42. The van der Waals surface area contributed by atoms with Crippen LogP contribution < -0.4 is 10.6 Å².